The predicted molar refractivity (Wildman–Crippen MR) is 187 cm³/mol. The molecule has 7 heteroatoms. The van der Waals surface area contributed by atoms with Crippen LogP contribution in [0.2, 0.25) is 0 Å². The average Bonchev–Trinajstić information content (AvgIpc) is 3.12. The summed E-state index contributed by atoms with van der Waals surface area (Å²) in [6.07, 6.45) is -0.268. The van der Waals surface area contributed by atoms with Crippen LogP contribution in [0.3, 0.4) is 0 Å². The zero-order chi connectivity index (χ0) is 33.1. The number of nitrogen functional groups attached to an aromatic ring is 1. The molecule has 4 N–H and O–H groups in total. The lowest BCUT2D eigenvalue weighted by Gasteiger charge is -2.43. The van der Waals surface area contributed by atoms with Gasteiger partial charge in [0.2, 0.25) is 0 Å². The third-order valence-corrected chi connectivity index (χ3v) is 8.38. The number of aliphatic hydroxyl groups is 1. The highest BCUT2D eigenvalue weighted by Gasteiger charge is 2.46. The Bertz CT molecular complexity index is 1610. The van der Waals surface area contributed by atoms with Crippen LogP contribution < -0.4 is 30.0 Å². The van der Waals surface area contributed by atoms with Gasteiger partial charge in [-0.1, -0.05) is 98.3 Å². The molecule has 0 radical (unpaired) electrons. The highest BCUT2D eigenvalue weighted by Crippen LogP contribution is 2.39. The summed E-state index contributed by atoms with van der Waals surface area (Å²) < 4.78 is 23.6. The second-order valence-electron chi connectivity index (χ2n) is 11.5. The number of methoxy groups -OCH3 is 2. The summed E-state index contributed by atoms with van der Waals surface area (Å²) in [6, 6.07) is 41.1. The molecule has 2 unspecified atom stereocenters. The zero-order valence-electron chi connectivity index (χ0n) is 27.3. The molecule has 0 spiro atoms. The van der Waals surface area contributed by atoms with Crippen molar-refractivity contribution >= 4 is 5.69 Å². The highest BCUT2D eigenvalue weighted by atomic mass is 16.5. The highest BCUT2D eigenvalue weighted by molar-refractivity contribution is 5.56. The average molecular weight is 633 g/mol. The fourth-order valence-electron chi connectivity index (χ4n) is 5.85. The maximum atomic E-state index is 12.7. The SMILES string of the molecule is CCCC(Oc1ccc(OCc2ccccc2)c(N)c1)C(O)C(NCc1ccccc1)(c1ccc(OC)cc1)c1ccc(OC)cc1. The molecular weight excluding hydrogens is 588 g/mol. The minimum atomic E-state index is -1.08. The molecule has 0 aliphatic rings. The lowest BCUT2D eigenvalue weighted by atomic mass is 9.75. The quantitative estimate of drug-likeness (QED) is 0.0970. The van der Waals surface area contributed by atoms with Crippen LogP contribution >= 0.6 is 0 Å². The Morgan fingerprint density at radius 3 is 1.74 bits per heavy atom. The number of hydrogen-bond acceptors (Lipinski definition) is 7. The topological polar surface area (TPSA) is 95.2 Å². The Balaban J connectivity index is 1.52. The molecule has 0 saturated carbocycles. The Labute approximate surface area is 277 Å². The van der Waals surface area contributed by atoms with Gasteiger partial charge in [-0.2, -0.15) is 0 Å². The van der Waals surface area contributed by atoms with Crippen LogP contribution in [0.5, 0.6) is 23.0 Å². The van der Waals surface area contributed by atoms with Crippen molar-refractivity contribution in [3.8, 4) is 23.0 Å². The van der Waals surface area contributed by atoms with Crippen LogP contribution in [0.1, 0.15) is 42.0 Å². The molecule has 0 aliphatic heterocycles. The van der Waals surface area contributed by atoms with Crippen LogP contribution in [0.15, 0.2) is 127 Å². The molecule has 5 rings (SSSR count). The Kier molecular flexibility index (Phi) is 11.4. The van der Waals surface area contributed by atoms with Crippen LogP contribution in [0, 0.1) is 0 Å². The van der Waals surface area contributed by atoms with Crippen LogP contribution in [0.25, 0.3) is 0 Å². The van der Waals surface area contributed by atoms with E-state index < -0.39 is 17.7 Å². The van der Waals surface area contributed by atoms with E-state index in [1.165, 1.54) is 0 Å². The minimum absolute atomic E-state index is 0.405. The third-order valence-electron chi connectivity index (χ3n) is 8.38. The summed E-state index contributed by atoms with van der Waals surface area (Å²) >= 11 is 0. The third kappa shape index (κ3) is 8.06. The fraction of sp³-hybridized carbons (Fsp3) is 0.250. The van der Waals surface area contributed by atoms with Gasteiger partial charge in [-0.15, -0.1) is 0 Å². The van der Waals surface area contributed by atoms with Crippen molar-refractivity contribution in [2.75, 3.05) is 20.0 Å². The van der Waals surface area contributed by atoms with Gasteiger partial charge in [-0.25, -0.2) is 0 Å². The van der Waals surface area contributed by atoms with E-state index in [2.05, 4.69) is 24.4 Å². The van der Waals surface area contributed by atoms with E-state index in [1.54, 1.807) is 20.3 Å². The van der Waals surface area contributed by atoms with Crippen molar-refractivity contribution < 1.29 is 24.1 Å². The van der Waals surface area contributed by atoms with Crippen LogP contribution in [0.4, 0.5) is 5.69 Å². The summed E-state index contributed by atoms with van der Waals surface area (Å²) in [7, 11) is 3.28. The summed E-state index contributed by atoms with van der Waals surface area (Å²) in [6.45, 7) is 2.98. The number of ether oxygens (including phenoxy) is 4. The lowest BCUT2D eigenvalue weighted by molar-refractivity contribution is -0.0224. The van der Waals surface area contributed by atoms with E-state index in [0.717, 1.165) is 40.2 Å². The number of benzene rings is 5. The van der Waals surface area contributed by atoms with Crippen molar-refractivity contribution in [1.29, 1.82) is 0 Å². The number of aliphatic hydroxyl groups excluding tert-OH is 1. The first-order chi connectivity index (χ1) is 23.0. The number of nitrogens with one attached hydrogen (secondary N) is 1. The van der Waals surface area contributed by atoms with Crippen LogP contribution in [-0.2, 0) is 18.7 Å². The predicted octanol–water partition coefficient (Wildman–Crippen LogP) is 7.51. The van der Waals surface area contributed by atoms with Gasteiger partial charge < -0.3 is 29.8 Å². The van der Waals surface area contributed by atoms with Crippen molar-refractivity contribution in [3.63, 3.8) is 0 Å². The molecule has 0 fully saturated rings. The normalized spacial score (nSPS) is 12.6. The van der Waals surface area contributed by atoms with Gasteiger partial charge in [0, 0.05) is 12.6 Å². The first-order valence-corrected chi connectivity index (χ1v) is 16.0. The minimum Gasteiger partial charge on any atom is -0.497 e. The zero-order valence-corrected chi connectivity index (χ0v) is 27.3. The summed E-state index contributed by atoms with van der Waals surface area (Å²) in [5, 5.41) is 16.5. The van der Waals surface area contributed by atoms with Crippen molar-refractivity contribution in [2.45, 2.75) is 50.7 Å². The fourth-order valence-corrected chi connectivity index (χ4v) is 5.85. The number of rotatable bonds is 16. The van der Waals surface area contributed by atoms with Crippen LogP contribution in [-0.4, -0.2) is 31.5 Å². The molecular formula is C40H44N2O5. The number of nitrogens with two attached hydrogens (primary N) is 1. The van der Waals surface area contributed by atoms with Gasteiger partial charge in [-0.05, 0) is 65.1 Å². The van der Waals surface area contributed by atoms with Gasteiger partial charge in [0.1, 0.15) is 41.8 Å². The molecule has 0 bridgehead atoms. The summed E-state index contributed by atoms with van der Waals surface area (Å²) in [5.41, 5.74) is 9.67. The maximum absolute atomic E-state index is 12.7. The second-order valence-corrected chi connectivity index (χ2v) is 11.5. The smallest absolute Gasteiger partial charge is 0.142 e. The molecule has 5 aromatic carbocycles. The Morgan fingerprint density at radius 1 is 0.702 bits per heavy atom. The van der Waals surface area contributed by atoms with E-state index in [9.17, 15) is 5.11 Å². The van der Waals surface area contributed by atoms with Crippen molar-refractivity contribution in [2.24, 2.45) is 0 Å². The van der Waals surface area contributed by atoms with Crippen molar-refractivity contribution in [1.82, 2.24) is 5.32 Å². The summed E-state index contributed by atoms with van der Waals surface area (Å²) in [5.74, 6) is 2.57. The standard InChI is InChI=1S/C40H44N2O5/c1-4-11-38(47-35-24-25-37(36(41)26-35)46-28-30-14-9-6-10-15-30)39(43)40(31-16-20-33(44-2)21-17-31,32-18-22-34(45-3)23-19-32)42-27-29-12-7-5-8-13-29/h5-10,12-26,38-39,42-43H,4,11,27-28,41H2,1-3H3. The molecule has 244 valence electrons. The largest absolute Gasteiger partial charge is 0.497 e. The van der Waals surface area contributed by atoms with Gasteiger partial charge >= 0.3 is 0 Å². The van der Waals surface area contributed by atoms with E-state index >= 15 is 0 Å². The Hall–Kier alpha value is -4.98. The van der Waals surface area contributed by atoms with E-state index in [0.29, 0.717) is 36.8 Å². The van der Waals surface area contributed by atoms with E-state index in [4.69, 9.17) is 24.7 Å². The number of hydrogen-bond donors (Lipinski definition) is 3. The molecule has 0 saturated heterocycles. The van der Waals surface area contributed by atoms with Gasteiger partial charge in [0.25, 0.3) is 0 Å². The molecule has 0 aromatic heterocycles. The van der Waals surface area contributed by atoms with Gasteiger partial charge in [-0.3, -0.25) is 5.32 Å². The first-order valence-electron chi connectivity index (χ1n) is 16.0. The summed E-state index contributed by atoms with van der Waals surface area (Å²) in [4.78, 5) is 0. The van der Waals surface area contributed by atoms with E-state index in [1.807, 2.05) is 109 Å². The number of anilines is 1. The second kappa shape index (κ2) is 16.0. The molecule has 0 heterocycles. The molecule has 7 nitrogen and oxygen atoms in total. The van der Waals surface area contributed by atoms with E-state index in [-0.39, 0.29) is 0 Å². The van der Waals surface area contributed by atoms with Gasteiger partial charge in [0.15, 0.2) is 0 Å². The first kappa shape index (κ1) is 33.4. The van der Waals surface area contributed by atoms with Gasteiger partial charge in [0.05, 0.1) is 25.4 Å². The Morgan fingerprint density at radius 2 is 1.23 bits per heavy atom. The molecule has 0 amide bonds. The molecule has 47 heavy (non-hydrogen) atoms. The van der Waals surface area contributed by atoms with Crippen molar-refractivity contribution in [3.05, 3.63) is 150 Å². The monoisotopic (exact) mass is 632 g/mol. The lowest BCUT2D eigenvalue weighted by Crippen LogP contribution is -2.57. The molecule has 5 aromatic rings. The maximum Gasteiger partial charge on any atom is 0.142 e. The molecule has 0 aliphatic carbocycles. The molecule has 2 atom stereocenters.